The maximum absolute atomic E-state index is 10.7. The van der Waals surface area contributed by atoms with E-state index in [1.54, 1.807) is 0 Å². The third kappa shape index (κ3) is 2.26. The molecule has 0 saturated carbocycles. The van der Waals surface area contributed by atoms with Crippen LogP contribution < -0.4 is 11.1 Å². The van der Waals surface area contributed by atoms with Crippen LogP contribution in [-0.2, 0) is 4.74 Å². The zero-order chi connectivity index (χ0) is 9.97. The number of alkyl carbamates (subject to hydrolysis) is 1. The summed E-state index contributed by atoms with van der Waals surface area (Å²) < 4.78 is 5.74. The molecular weight excluding hydrogens is 224 g/mol. The lowest BCUT2D eigenvalue weighted by Crippen LogP contribution is -2.16. The van der Waals surface area contributed by atoms with Crippen LogP contribution in [0.25, 0.3) is 0 Å². The Morgan fingerprint density at radius 3 is 3.14 bits per heavy atom. The molecule has 1 aromatic rings. The van der Waals surface area contributed by atoms with Crippen molar-refractivity contribution in [3.8, 4) is 0 Å². The van der Waals surface area contributed by atoms with Gasteiger partial charge in [-0.3, -0.25) is 0 Å². The lowest BCUT2D eigenvalue weighted by atomic mass is 10.4. The van der Waals surface area contributed by atoms with Crippen LogP contribution in [-0.4, -0.2) is 34.7 Å². The molecule has 0 aliphatic carbocycles. The zero-order valence-corrected chi connectivity index (χ0v) is 8.73. The van der Waals surface area contributed by atoms with E-state index in [0.717, 1.165) is 4.34 Å². The van der Waals surface area contributed by atoms with Crippen molar-refractivity contribution in [2.45, 2.75) is 10.4 Å². The number of nitrogens with one attached hydrogen (secondary N) is 1. The fourth-order valence-electron chi connectivity index (χ4n) is 0.968. The van der Waals surface area contributed by atoms with E-state index in [2.05, 4.69) is 15.5 Å². The average Bonchev–Trinajstić information content (AvgIpc) is 2.72. The highest BCUT2D eigenvalue weighted by Gasteiger charge is 2.22. The fourth-order valence-corrected chi connectivity index (χ4v) is 2.62. The average molecular weight is 232 g/mol. The first kappa shape index (κ1) is 9.53. The Labute approximate surface area is 88.2 Å². The Morgan fingerprint density at radius 2 is 2.57 bits per heavy atom. The maximum atomic E-state index is 10.7. The summed E-state index contributed by atoms with van der Waals surface area (Å²) in [5.41, 5.74) is 5.42. The number of ether oxygens (including phenoxy) is 1. The molecule has 1 fully saturated rings. The second-order valence-electron chi connectivity index (χ2n) is 2.63. The van der Waals surface area contributed by atoms with Crippen LogP contribution in [0.15, 0.2) is 4.34 Å². The zero-order valence-electron chi connectivity index (χ0n) is 7.10. The standard InChI is InChI=1S/C6H8N4O2S2/c7-4-9-10-6(14-4)13-2-3-1-8-5(11)12-3/h3H,1-2H2,(H2,7,9)(H,8,11). The minimum atomic E-state index is -0.354. The Balaban J connectivity index is 1.80. The highest BCUT2D eigenvalue weighted by Crippen LogP contribution is 2.24. The summed E-state index contributed by atoms with van der Waals surface area (Å²) in [5.74, 6) is 0.674. The molecule has 0 radical (unpaired) electrons. The van der Waals surface area contributed by atoms with Gasteiger partial charge in [0.25, 0.3) is 0 Å². The Hall–Kier alpha value is -1.02. The van der Waals surface area contributed by atoms with Gasteiger partial charge in [-0.25, -0.2) is 4.79 Å². The molecule has 1 atom stereocenters. The number of cyclic esters (lactones) is 1. The smallest absolute Gasteiger partial charge is 0.407 e. The molecule has 2 heterocycles. The monoisotopic (exact) mass is 232 g/mol. The Morgan fingerprint density at radius 1 is 1.71 bits per heavy atom. The van der Waals surface area contributed by atoms with Gasteiger partial charge in [0.05, 0.1) is 6.54 Å². The summed E-state index contributed by atoms with van der Waals surface area (Å²) in [5, 5.41) is 10.6. The fraction of sp³-hybridized carbons (Fsp3) is 0.500. The number of hydrogen-bond donors (Lipinski definition) is 2. The highest BCUT2D eigenvalue weighted by atomic mass is 32.2. The predicted molar refractivity (Wildman–Crippen MR) is 53.3 cm³/mol. The molecule has 1 amide bonds. The van der Waals surface area contributed by atoms with Gasteiger partial charge in [0.2, 0.25) is 5.13 Å². The summed E-state index contributed by atoms with van der Waals surface area (Å²) in [4.78, 5) is 10.7. The van der Waals surface area contributed by atoms with Crippen LogP contribution >= 0.6 is 23.1 Å². The molecule has 76 valence electrons. The molecule has 1 aliphatic rings. The van der Waals surface area contributed by atoms with Gasteiger partial charge in [-0.05, 0) is 0 Å². The first-order chi connectivity index (χ1) is 6.74. The summed E-state index contributed by atoms with van der Waals surface area (Å²) >= 11 is 2.82. The second-order valence-corrected chi connectivity index (χ2v) is 4.90. The Kier molecular flexibility index (Phi) is 2.73. The number of nitrogen functional groups attached to an aromatic ring is 1. The molecule has 1 aromatic heterocycles. The molecule has 1 aliphatic heterocycles. The molecule has 0 spiro atoms. The molecule has 6 nitrogen and oxygen atoms in total. The number of carbonyl (C=O) groups is 1. The molecule has 14 heavy (non-hydrogen) atoms. The van der Waals surface area contributed by atoms with Gasteiger partial charge in [-0.15, -0.1) is 10.2 Å². The number of nitrogens with two attached hydrogens (primary N) is 1. The van der Waals surface area contributed by atoms with Crippen LogP contribution in [0.2, 0.25) is 0 Å². The number of aromatic nitrogens is 2. The number of hydrogen-bond acceptors (Lipinski definition) is 7. The van der Waals surface area contributed by atoms with Crippen molar-refractivity contribution in [1.29, 1.82) is 0 Å². The van der Waals surface area contributed by atoms with E-state index in [0.29, 0.717) is 17.4 Å². The van der Waals surface area contributed by atoms with Crippen molar-refractivity contribution in [3.63, 3.8) is 0 Å². The largest absolute Gasteiger partial charge is 0.443 e. The number of thioether (sulfide) groups is 1. The lowest BCUT2D eigenvalue weighted by molar-refractivity contribution is 0.150. The number of rotatable bonds is 3. The molecular formula is C6H8N4O2S2. The summed E-state index contributed by atoms with van der Waals surface area (Å²) in [6.07, 6.45) is -0.440. The third-order valence-corrected chi connectivity index (χ3v) is 3.58. The van der Waals surface area contributed by atoms with Crippen LogP contribution in [0.3, 0.4) is 0 Å². The van der Waals surface area contributed by atoms with Gasteiger partial charge in [-0.1, -0.05) is 23.1 Å². The topological polar surface area (TPSA) is 90.1 Å². The number of nitrogens with zero attached hydrogens (tertiary/aromatic N) is 2. The normalized spacial score (nSPS) is 20.6. The molecule has 3 N–H and O–H groups in total. The third-order valence-electron chi connectivity index (χ3n) is 1.56. The second kappa shape index (κ2) is 4.01. The molecule has 0 bridgehead atoms. The summed E-state index contributed by atoms with van der Waals surface area (Å²) in [6.45, 7) is 0.556. The van der Waals surface area contributed by atoms with Crippen LogP contribution in [0.4, 0.5) is 9.93 Å². The predicted octanol–water partition coefficient (Wildman–Crippen LogP) is 0.321. The van der Waals surface area contributed by atoms with E-state index in [-0.39, 0.29) is 12.2 Å². The van der Waals surface area contributed by atoms with E-state index in [1.165, 1.54) is 23.1 Å². The molecule has 2 rings (SSSR count). The van der Waals surface area contributed by atoms with Gasteiger partial charge in [0.15, 0.2) is 4.34 Å². The molecule has 1 unspecified atom stereocenters. The quantitative estimate of drug-likeness (QED) is 0.729. The molecule has 1 saturated heterocycles. The van der Waals surface area contributed by atoms with Crippen LogP contribution in [0, 0.1) is 0 Å². The minimum absolute atomic E-state index is 0.0855. The van der Waals surface area contributed by atoms with Crippen LogP contribution in [0.1, 0.15) is 0 Å². The highest BCUT2D eigenvalue weighted by molar-refractivity contribution is 8.01. The van der Waals surface area contributed by atoms with Gasteiger partial charge in [0.1, 0.15) is 6.10 Å². The van der Waals surface area contributed by atoms with Crippen molar-refractivity contribution in [2.24, 2.45) is 0 Å². The first-order valence-electron chi connectivity index (χ1n) is 3.90. The Bertz CT molecular complexity index is 342. The van der Waals surface area contributed by atoms with Gasteiger partial charge >= 0.3 is 6.09 Å². The van der Waals surface area contributed by atoms with Crippen LogP contribution in [0.5, 0.6) is 0 Å². The SMILES string of the molecule is Nc1nnc(SCC2CNC(=O)O2)s1. The van der Waals surface area contributed by atoms with Crippen molar-refractivity contribution in [2.75, 3.05) is 18.0 Å². The molecule has 0 aromatic carbocycles. The van der Waals surface area contributed by atoms with Gasteiger partial charge in [0, 0.05) is 5.75 Å². The first-order valence-corrected chi connectivity index (χ1v) is 5.70. The summed E-state index contributed by atoms with van der Waals surface area (Å²) in [6, 6.07) is 0. The number of amides is 1. The maximum Gasteiger partial charge on any atom is 0.407 e. The van der Waals surface area contributed by atoms with Gasteiger partial charge < -0.3 is 15.8 Å². The van der Waals surface area contributed by atoms with E-state index < -0.39 is 0 Å². The van der Waals surface area contributed by atoms with Crippen molar-refractivity contribution in [1.82, 2.24) is 15.5 Å². The summed E-state index contributed by atoms with van der Waals surface area (Å²) in [7, 11) is 0. The van der Waals surface area contributed by atoms with E-state index in [1.807, 2.05) is 0 Å². The lowest BCUT2D eigenvalue weighted by Gasteiger charge is -2.03. The van der Waals surface area contributed by atoms with E-state index >= 15 is 0 Å². The number of anilines is 1. The van der Waals surface area contributed by atoms with E-state index in [9.17, 15) is 4.79 Å². The minimum Gasteiger partial charge on any atom is -0.443 e. The number of carbonyl (C=O) groups excluding carboxylic acids is 1. The van der Waals surface area contributed by atoms with Crippen molar-refractivity contribution >= 4 is 34.3 Å². The van der Waals surface area contributed by atoms with Crippen molar-refractivity contribution < 1.29 is 9.53 Å². The molecule has 8 heteroatoms. The van der Waals surface area contributed by atoms with Gasteiger partial charge in [-0.2, -0.15) is 0 Å². The van der Waals surface area contributed by atoms with E-state index in [4.69, 9.17) is 10.5 Å². The van der Waals surface area contributed by atoms with Crippen molar-refractivity contribution in [3.05, 3.63) is 0 Å².